The van der Waals surface area contributed by atoms with E-state index in [1.807, 2.05) is 26.0 Å². The van der Waals surface area contributed by atoms with Gasteiger partial charge in [0.15, 0.2) is 0 Å². The smallest absolute Gasteiger partial charge is 0.309 e. The van der Waals surface area contributed by atoms with Crippen molar-refractivity contribution in [3.05, 3.63) is 12.2 Å². The van der Waals surface area contributed by atoms with Gasteiger partial charge in [-0.15, -0.1) is 0 Å². The first-order valence-electron chi connectivity index (χ1n) is 5.12. The van der Waals surface area contributed by atoms with Gasteiger partial charge in [0.1, 0.15) is 0 Å². The average molecular weight is 198 g/mol. The maximum absolute atomic E-state index is 11.1. The lowest BCUT2D eigenvalue weighted by atomic mass is 9.89. The monoisotopic (exact) mass is 198 g/mol. The van der Waals surface area contributed by atoms with E-state index >= 15 is 0 Å². The summed E-state index contributed by atoms with van der Waals surface area (Å²) >= 11 is 0. The molecule has 0 amide bonds. The number of esters is 1. The molecule has 0 aromatic rings. The second-order valence-electron chi connectivity index (χ2n) is 3.80. The molecule has 1 heterocycles. The molecule has 1 aliphatic rings. The number of aliphatic hydroxyl groups is 1. The highest BCUT2D eigenvalue weighted by Gasteiger charge is 2.37. The van der Waals surface area contributed by atoms with E-state index in [1.165, 1.54) is 0 Å². The van der Waals surface area contributed by atoms with E-state index < -0.39 is 6.10 Å². The van der Waals surface area contributed by atoms with Crippen LogP contribution in [0.4, 0.5) is 0 Å². The number of carbonyl (C=O) groups excluding carboxylic acids is 1. The molecule has 0 radical (unpaired) electrons. The fraction of sp³-hybridized carbons (Fsp3) is 0.727. The molecule has 0 aliphatic carbocycles. The van der Waals surface area contributed by atoms with Crippen LogP contribution in [0.2, 0.25) is 0 Å². The Morgan fingerprint density at radius 3 is 2.93 bits per heavy atom. The summed E-state index contributed by atoms with van der Waals surface area (Å²) in [5.74, 6) is -0.358. The molecule has 0 saturated carbocycles. The summed E-state index contributed by atoms with van der Waals surface area (Å²) in [5, 5.41) is 9.80. The van der Waals surface area contributed by atoms with Gasteiger partial charge in [-0.25, -0.2) is 0 Å². The van der Waals surface area contributed by atoms with E-state index in [0.717, 1.165) is 6.42 Å². The van der Waals surface area contributed by atoms with Crippen LogP contribution in [0.25, 0.3) is 0 Å². The van der Waals surface area contributed by atoms with Gasteiger partial charge in [0.2, 0.25) is 0 Å². The third kappa shape index (κ3) is 2.58. The number of carbonyl (C=O) groups is 1. The van der Waals surface area contributed by atoms with Crippen molar-refractivity contribution in [2.45, 2.75) is 32.8 Å². The largest absolute Gasteiger partial charge is 0.465 e. The van der Waals surface area contributed by atoms with E-state index in [4.69, 9.17) is 4.74 Å². The van der Waals surface area contributed by atoms with Gasteiger partial charge >= 0.3 is 5.97 Å². The Labute approximate surface area is 84.8 Å². The van der Waals surface area contributed by atoms with Gasteiger partial charge in [0.25, 0.3) is 0 Å². The quantitative estimate of drug-likeness (QED) is 0.550. The second-order valence-corrected chi connectivity index (χ2v) is 3.80. The van der Waals surface area contributed by atoms with E-state index in [0.29, 0.717) is 13.0 Å². The highest BCUT2D eigenvalue weighted by atomic mass is 16.5. The molecular formula is C11H18O3. The minimum atomic E-state index is -0.423. The predicted molar refractivity (Wildman–Crippen MR) is 53.7 cm³/mol. The Kier molecular flexibility index (Phi) is 4.14. The van der Waals surface area contributed by atoms with Crippen LogP contribution < -0.4 is 0 Å². The summed E-state index contributed by atoms with van der Waals surface area (Å²) in [6.45, 7) is 4.15. The zero-order chi connectivity index (χ0) is 10.6. The number of cyclic esters (lactones) is 1. The third-order valence-electron chi connectivity index (χ3n) is 2.79. The zero-order valence-corrected chi connectivity index (χ0v) is 8.77. The number of hydrogen-bond acceptors (Lipinski definition) is 3. The Hall–Kier alpha value is -0.830. The van der Waals surface area contributed by atoms with Crippen LogP contribution in [-0.2, 0) is 9.53 Å². The van der Waals surface area contributed by atoms with E-state index in [-0.39, 0.29) is 17.8 Å². The molecule has 80 valence electrons. The molecule has 3 nitrogen and oxygen atoms in total. The summed E-state index contributed by atoms with van der Waals surface area (Å²) in [7, 11) is 0. The zero-order valence-electron chi connectivity index (χ0n) is 8.77. The van der Waals surface area contributed by atoms with Crippen LogP contribution in [0.15, 0.2) is 12.2 Å². The molecule has 3 heteroatoms. The summed E-state index contributed by atoms with van der Waals surface area (Å²) in [6.07, 6.45) is 5.12. The fourth-order valence-corrected chi connectivity index (χ4v) is 1.72. The summed E-state index contributed by atoms with van der Waals surface area (Å²) in [5.41, 5.74) is 0. The lowest BCUT2D eigenvalue weighted by Crippen LogP contribution is -2.26. The van der Waals surface area contributed by atoms with Crippen molar-refractivity contribution in [3.8, 4) is 0 Å². The topological polar surface area (TPSA) is 46.5 Å². The van der Waals surface area contributed by atoms with Crippen molar-refractivity contribution in [2.24, 2.45) is 11.8 Å². The van der Waals surface area contributed by atoms with Crippen LogP contribution in [-0.4, -0.2) is 23.8 Å². The number of aliphatic hydroxyl groups excluding tert-OH is 1. The Morgan fingerprint density at radius 2 is 2.43 bits per heavy atom. The van der Waals surface area contributed by atoms with Gasteiger partial charge < -0.3 is 9.84 Å². The standard InChI is InChI=1S/C11H18O3/c1-3-4-5-6-10(12)9-7-14-11(13)8(9)2/h3-4,8-10,12H,5-7H2,1-2H3/b4-3+. The maximum atomic E-state index is 11.1. The molecule has 0 aromatic carbocycles. The summed E-state index contributed by atoms with van der Waals surface area (Å²) in [4.78, 5) is 11.1. The van der Waals surface area contributed by atoms with Crippen molar-refractivity contribution < 1.29 is 14.6 Å². The second kappa shape index (κ2) is 5.15. The van der Waals surface area contributed by atoms with Crippen LogP contribution in [0.5, 0.6) is 0 Å². The lowest BCUT2D eigenvalue weighted by Gasteiger charge is -2.17. The molecule has 0 bridgehead atoms. The average Bonchev–Trinajstić information content (AvgIpc) is 2.48. The van der Waals surface area contributed by atoms with Crippen LogP contribution in [0, 0.1) is 11.8 Å². The first-order valence-corrected chi connectivity index (χ1v) is 5.12. The van der Waals surface area contributed by atoms with Gasteiger partial charge in [-0.3, -0.25) is 4.79 Å². The van der Waals surface area contributed by atoms with E-state index in [9.17, 15) is 9.90 Å². The summed E-state index contributed by atoms with van der Waals surface area (Å²) < 4.78 is 4.89. The third-order valence-corrected chi connectivity index (χ3v) is 2.79. The summed E-state index contributed by atoms with van der Waals surface area (Å²) in [6, 6.07) is 0. The van der Waals surface area contributed by atoms with Crippen LogP contribution >= 0.6 is 0 Å². The Bertz CT molecular complexity index is 223. The Morgan fingerprint density at radius 1 is 1.71 bits per heavy atom. The first-order chi connectivity index (χ1) is 6.66. The predicted octanol–water partition coefficient (Wildman–Crippen LogP) is 1.51. The molecular weight excluding hydrogens is 180 g/mol. The molecule has 1 aliphatic heterocycles. The van der Waals surface area contributed by atoms with Gasteiger partial charge in [-0.1, -0.05) is 19.1 Å². The molecule has 14 heavy (non-hydrogen) atoms. The number of rotatable bonds is 4. The number of hydrogen-bond donors (Lipinski definition) is 1. The minimum Gasteiger partial charge on any atom is -0.465 e. The van der Waals surface area contributed by atoms with Gasteiger partial charge in [0.05, 0.1) is 18.6 Å². The highest BCUT2D eigenvalue weighted by molar-refractivity contribution is 5.74. The van der Waals surface area contributed by atoms with Crippen LogP contribution in [0.1, 0.15) is 26.7 Å². The van der Waals surface area contributed by atoms with Crippen molar-refractivity contribution >= 4 is 5.97 Å². The van der Waals surface area contributed by atoms with Gasteiger partial charge in [-0.05, 0) is 19.8 Å². The minimum absolute atomic E-state index is 0.0206. The Balaban J connectivity index is 2.37. The van der Waals surface area contributed by atoms with Crippen molar-refractivity contribution in [3.63, 3.8) is 0 Å². The highest BCUT2D eigenvalue weighted by Crippen LogP contribution is 2.26. The molecule has 0 spiro atoms. The SMILES string of the molecule is C/C=C/CCC(O)C1COC(=O)C1C. The molecule has 3 unspecified atom stereocenters. The van der Waals surface area contributed by atoms with Crippen molar-refractivity contribution in [1.29, 1.82) is 0 Å². The fourth-order valence-electron chi connectivity index (χ4n) is 1.72. The van der Waals surface area contributed by atoms with Crippen molar-refractivity contribution in [1.82, 2.24) is 0 Å². The number of ether oxygens (including phenoxy) is 1. The van der Waals surface area contributed by atoms with Crippen LogP contribution in [0.3, 0.4) is 0 Å². The molecule has 1 fully saturated rings. The molecule has 0 aromatic heterocycles. The normalized spacial score (nSPS) is 29.5. The first kappa shape index (κ1) is 11.2. The van der Waals surface area contributed by atoms with E-state index in [2.05, 4.69) is 0 Å². The molecule has 1 rings (SSSR count). The maximum Gasteiger partial charge on any atom is 0.309 e. The lowest BCUT2D eigenvalue weighted by molar-refractivity contribution is -0.140. The number of allylic oxidation sites excluding steroid dienone is 2. The van der Waals surface area contributed by atoms with Gasteiger partial charge in [0, 0.05) is 5.92 Å². The van der Waals surface area contributed by atoms with E-state index in [1.54, 1.807) is 0 Å². The molecule has 1 saturated heterocycles. The molecule has 3 atom stereocenters. The molecule has 1 N–H and O–H groups in total. The van der Waals surface area contributed by atoms with Crippen molar-refractivity contribution in [2.75, 3.05) is 6.61 Å². The van der Waals surface area contributed by atoms with Gasteiger partial charge in [-0.2, -0.15) is 0 Å².